The van der Waals surface area contributed by atoms with Crippen molar-refractivity contribution in [2.45, 2.75) is 32.1 Å². The Bertz CT molecular complexity index is 294. The van der Waals surface area contributed by atoms with Crippen LogP contribution in [-0.2, 0) is 9.59 Å². The van der Waals surface area contributed by atoms with Crippen LogP contribution in [0.4, 0.5) is 0 Å². The topological polar surface area (TPSA) is 60.9 Å². The Morgan fingerprint density at radius 3 is 2.56 bits per heavy atom. The van der Waals surface area contributed by atoms with E-state index >= 15 is 0 Å². The summed E-state index contributed by atoms with van der Waals surface area (Å²) in [6.45, 7) is 3.00. The van der Waals surface area contributed by atoms with Crippen molar-refractivity contribution in [3.8, 4) is 0 Å². The van der Waals surface area contributed by atoms with E-state index in [0.29, 0.717) is 25.2 Å². The molecule has 1 aliphatic rings. The maximum absolute atomic E-state index is 11.8. The van der Waals surface area contributed by atoms with E-state index in [1.807, 2.05) is 7.05 Å². The highest BCUT2D eigenvalue weighted by Gasteiger charge is 2.22. The molecule has 18 heavy (non-hydrogen) atoms. The molecule has 0 aliphatic carbocycles. The first-order valence-corrected chi connectivity index (χ1v) is 6.63. The standard InChI is InChI=1S/C13H24N2O3/c1-14-8-7-11(9-14)10-15(2)12(16)5-3-4-6-13(17)18/h11H,3-10H2,1-2H3,(H,17,18). The number of carbonyl (C=O) groups is 2. The van der Waals surface area contributed by atoms with E-state index in [0.717, 1.165) is 26.1 Å². The smallest absolute Gasteiger partial charge is 0.303 e. The maximum Gasteiger partial charge on any atom is 0.303 e. The van der Waals surface area contributed by atoms with E-state index in [9.17, 15) is 9.59 Å². The fourth-order valence-electron chi connectivity index (χ4n) is 2.41. The summed E-state index contributed by atoms with van der Waals surface area (Å²) in [6, 6.07) is 0. The molecule has 0 aromatic carbocycles. The molecular formula is C13H24N2O3. The van der Waals surface area contributed by atoms with Crippen molar-refractivity contribution >= 4 is 11.9 Å². The van der Waals surface area contributed by atoms with E-state index < -0.39 is 5.97 Å². The van der Waals surface area contributed by atoms with Crippen LogP contribution in [0.15, 0.2) is 0 Å². The van der Waals surface area contributed by atoms with Crippen molar-refractivity contribution in [3.05, 3.63) is 0 Å². The lowest BCUT2D eigenvalue weighted by molar-refractivity contribution is -0.137. The summed E-state index contributed by atoms with van der Waals surface area (Å²) in [4.78, 5) is 26.2. The van der Waals surface area contributed by atoms with Crippen LogP contribution in [0.1, 0.15) is 32.1 Å². The zero-order valence-corrected chi connectivity index (χ0v) is 11.4. The average molecular weight is 256 g/mol. The van der Waals surface area contributed by atoms with Gasteiger partial charge in [0.2, 0.25) is 5.91 Å². The normalized spacial score (nSPS) is 20.0. The van der Waals surface area contributed by atoms with E-state index in [4.69, 9.17) is 5.11 Å². The molecule has 1 N–H and O–H groups in total. The van der Waals surface area contributed by atoms with Crippen LogP contribution < -0.4 is 0 Å². The molecule has 1 atom stereocenters. The van der Waals surface area contributed by atoms with Crippen LogP contribution in [0.3, 0.4) is 0 Å². The molecule has 104 valence electrons. The molecule has 0 bridgehead atoms. The van der Waals surface area contributed by atoms with Crippen molar-refractivity contribution < 1.29 is 14.7 Å². The van der Waals surface area contributed by atoms with Crippen LogP contribution in [0.2, 0.25) is 0 Å². The van der Waals surface area contributed by atoms with Gasteiger partial charge in [-0.15, -0.1) is 0 Å². The third kappa shape index (κ3) is 5.49. The molecule has 1 aliphatic heterocycles. The SMILES string of the molecule is CN1CCC(CN(C)C(=O)CCCCC(=O)O)C1. The van der Waals surface area contributed by atoms with E-state index in [2.05, 4.69) is 11.9 Å². The van der Waals surface area contributed by atoms with E-state index in [-0.39, 0.29) is 12.3 Å². The molecule has 0 saturated carbocycles. The van der Waals surface area contributed by atoms with Gasteiger partial charge in [0.25, 0.3) is 0 Å². The number of unbranched alkanes of at least 4 members (excludes halogenated alkanes) is 1. The van der Waals surface area contributed by atoms with Crippen LogP contribution in [0.5, 0.6) is 0 Å². The molecule has 1 heterocycles. The summed E-state index contributed by atoms with van der Waals surface area (Å²) < 4.78 is 0. The Kier molecular flexibility index (Phi) is 6.12. The van der Waals surface area contributed by atoms with Gasteiger partial charge in [-0.1, -0.05) is 0 Å². The fraction of sp³-hybridized carbons (Fsp3) is 0.846. The molecule has 0 radical (unpaired) electrons. The average Bonchev–Trinajstić information content (AvgIpc) is 2.69. The number of hydrogen-bond acceptors (Lipinski definition) is 3. The zero-order valence-electron chi connectivity index (χ0n) is 11.4. The Morgan fingerprint density at radius 1 is 1.33 bits per heavy atom. The van der Waals surface area contributed by atoms with Gasteiger partial charge in [-0.2, -0.15) is 0 Å². The highest BCUT2D eigenvalue weighted by atomic mass is 16.4. The zero-order chi connectivity index (χ0) is 13.5. The molecule has 0 aromatic heterocycles. The molecule has 1 rings (SSSR count). The monoisotopic (exact) mass is 256 g/mol. The third-order valence-electron chi connectivity index (χ3n) is 3.48. The highest BCUT2D eigenvalue weighted by Crippen LogP contribution is 2.15. The second-order valence-electron chi connectivity index (χ2n) is 5.29. The quantitative estimate of drug-likeness (QED) is 0.691. The number of carboxylic acid groups (broad SMARTS) is 1. The molecule has 1 fully saturated rings. The lowest BCUT2D eigenvalue weighted by atomic mass is 10.1. The lowest BCUT2D eigenvalue weighted by Gasteiger charge is -2.21. The first-order valence-electron chi connectivity index (χ1n) is 6.63. The largest absolute Gasteiger partial charge is 0.481 e. The van der Waals surface area contributed by atoms with Gasteiger partial charge >= 0.3 is 5.97 Å². The molecule has 1 unspecified atom stereocenters. The molecule has 0 aromatic rings. The summed E-state index contributed by atoms with van der Waals surface area (Å²) >= 11 is 0. The van der Waals surface area contributed by atoms with Gasteiger partial charge in [0, 0.05) is 33.0 Å². The van der Waals surface area contributed by atoms with Gasteiger partial charge in [-0.25, -0.2) is 0 Å². The number of hydrogen-bond donors (Lipinski definition) is 1. The lowest BCUT2D eigenvalue weighted by Crippen LogP contribution is -2.32. The predicted octanol–water partition coefficient (Wildman–Crippen LogP) is 1.04. The minimum atomic E-state index is -0.787. The Balaban J connectivity index is 2.14. The number of amides is 1. The number of carboxylic acids is 1. The minimum absolute atomic E-state index is 0.134. The minimum Gasteiger partial charge on any atom is -0.481 e. The second-order valence-corrected chi connectivity index (χ2v) is 5.29. The van der Waals surface area contributed by atoms with Crippen LogP contribution in [0, 0.1) is 5.92 Å². The number of likely N-dealkylation sites (tertiary alicyclic amines) is 1. The van der Waals surface area contributed by atoms with Gasteiger partial charge in [0.05, 0.1) is 0 Å². The highest BCUT2D eigenvalue weighted by molar-refractivity contribution is 5.75. The first kappa shape index (κ1) is 15.0. The fourth-order valence-corrected chi connectivity index (χ4v) is 2.41. The van der Waals surface area contributed by atoms with Gasteiger partial charge < -0.3 is 14.9 Å². The van der Waals surface area contributed by atoms with Gasteiger partial charge in [0.1, 0.15) is 0 Å². The van der Waals surface area contributed by atoms with E-state index in [1.165, 1.54) is 0 Å². The second kappa shape index (κ2) is 7.36. The summed E-state index contributed by atoms with van der Waals surface area (Å²) in [6.07, 6.45) is 3.03. The van der Waals surface area contributed by atoms with Crippen molar-refractivity contribution in [3.63, 3.8) is 0 Å². The predicted molar refractivity (Wildman–Crippen MR) is 69.3 cm³/mol. The van der Waals surface area contributed by atoms with Crippen molar-refractivity contribution in [2.75, 3.05) is 33.7 Å². The molecule has 1 amide bonds. The molecule has 5 heteroatoms. The summed E-state index contributed by atoms with van der Waals surface area (Å²) in [5.41, 5.74) is 0. The van der Waals surface area contributed by atoms with Crippen molar-refractivity contribution in [2.24, 2.45) is 5.92 Å². The van der Waals surface area contributed by atoms with Gasteiger partial charge in [-0.3, -0.25) is 9.59 Å². The Hall–Kier alpha value is -1.10. The van der Waals surface area contributed by atoms with Crippen molar-refractivity contribution in [1.29, 1.82) is 0 Å². The van der Waals surface area contributed by atoms with Gasteiger partial charge in [0.15, 0.2) is 0 Å². The van der Waals surface area contributed by atoms with Crippen LogP contribution in [-0.4, -0.2) is 60.5 Å². The number of carbonyl (C=O) groups excluding carboxylic acids is 1. The number of nitrogens with zero attached hydrogens (tertiary/aromatic N) is 2. The maximum atomic E-state index is 11.8. The Labute approximate surface area is 109 Å². The molecule has 5 nitrogen and oxygen atoms in total. The number of rotatable bonds is 7. The first-order chi connectivity index (χ1) is 8.49. The summed E-state index contributed by atoms with van der Waals surface area (Å²) in [5, 5.41) is 8.50. The molecule has 1 saturated heterocycles. The molecular weight excluding hydrogens is 232 g/mol. The Morgan fingerprint density at radius 2 is 2.00 bits per heavy atom. The van der Waals surface area contributed by atoms with Crippen LogP contribution >= 0.6 is 0 Å². The summed E-state index contributed by atoms with van der Waals surface area (Å²) in [5.74, 6) is -0.0669. The van der Waals surface area contributed by atoms with Gasteiger partial charge in [-0.05, 0) is 38.8 Å². The molecule has 0 spiro atoms. The summed E-state index contributed by atoms with van der Waals surface area (Å²) in [7, 11) is 3.95. The number of aliphatic carboxylic acids is 1. The third-order valence-corrected chi connectivity index (χ3v) is 3.48. The van der Waals surface area contributed by atoms with E-state index in [1.54, 1.807) is 4.90 Å². The van der Waals surface area contributed by atoms with Crippen LogP contribution in [0.25, 0.3) is 0 Å². The van der Waals surface area contributed by atoms with Crippen molar-refractivity contribution in [1.82, 2.24) is 9.80 Å².